The predicted octanol–water partition coefficient (Wildman–Crippen LogP) is 4.54. The lowest BCUT2D eigenvalue weighted by Gasteiger charge is -2.12. The number of aryl methyl sites for hydroxylation is 1. The maximum absolute atomic E-state index is 12.5. The third kappa shape index (κ3) is 5.67. The summed E-state index contributed by atoms with van der Waals surface area (Å²) in [4.78, 5) is 16.7. The Labute approximate surface area is 202 Å². The van der Waals surface area contributed by atoms with Gasteiger partial charge in [-0.05, 0) is 30.7 Å². The molecular weight excluding hydrogens is 448 g/mol. The molecule has 3 aromatic heterocycles. The highest BCUT2D eigenvalue weighted by atomic mass is 16.5. The van der Waals surface area contributed by atoms with E-state index in [1.54, 1.807) is 35.4 Å². The van der Waals surface area contributed by atoms with E-state index >= 15 is 0 Å². The number of amides is 2. The summed E-state index contributed by atoms with van der Waals surface area (Å²) < 4.78 is 12.7. The van der Waals surface area contributed by atoms with Crippen molar-refractivity contribution in [3.8, 4) is 22.6 Å². The van der Waals surface area contributed by atoms with Crippen LogP contribution in [0, 0.1) is 6.92 Å². The number of carbonyl (C=O) groups excluding carboxylic acids is 1. The van der Waals surface area contributed by atoms with Crippen LogP contribution in [0.5, 0.6) is 5.75 Å². The van der Waals surface area contributed by atoms with Crippen molar-refractivity contribution in [2.24, 2.45) is 0 Å². The van der Waals surface area contributed by atoms with Gasteiger partial charge in [0.15, 0.2) is 5.82 Å². The van der Waals surface area contributed by atoms with Crippen molar-refractivity contribution < 1.29 is 19.2 Å². The molecule has 0 unspecified atom stereocenters. The van der Waals surface area contributed by atoms with Gasteiger partial charge in [0.05, 0.1) is 18.5 Å². The summed E-state index contributed by atoms with van der Waals surface area (Å²) in [5.74, 6) is 1.63. The van der Waals surface area contributed by atoms with Gasteiger partial charge in [0.25, 0.3) is 0 Å². The molecular formula is C25H28N6O4. The highest BCUT2D eigenvalue weighted by molar-refractivity contribution is 5.99. The highest BCUT2D eigenvalue weighted by Crippen LogP contribution is 2.30. The van der Waals surface area contributed by atoms with Gasteiger partial charge < -0.3 is 19.7 Å². The van der Waals surface area contributed by atoms with Crippen molar-refractivity contribution in [3.05, 3.63) is 66.4 Å². The fraction of sp³-hybridized carbons (Fsp3) is 0.280. The van der Waals surface area contributed by atoms with E-state index in [4.69, 9.17) is 14.4 Å². The zero-order valence-corrected chi connectivity index (χ0v) is 20.1. The molecule has 0 radical (unpaired) electrons. The van der Waals surface area contributed by atoms with Crippen molar-refractivity contribution in [1.82, 2.24) is 19.9 Å². The Bertz CT molecular complexity index is 1320. The summed E-state index contributed by atoms with van der Waals surface area (Å²) in [5, 5.41) is 23.0. The van der Waals surface area contributed by atoms with Gasteiger partial charge in [0, 0.05) is 46.9 Å². The number of hydrogen-bond acceptors (Lipinski definition) is 7. The summed E-state index contributed by atoms with van der Waals surface area (Å²) in [6, 6.07) is 8.57. The van der Waals surface area contributed by atoms with Gasteiger partial charge in [0.2, 0.25) is 0 Å². The average molecular weight is 477 g/mol. The Balaban J connectivity index is 1.51. The molecule has 0 spiro atoms. The number of pyridine rings is 1. The van der Waals surface area contributed by atoms with Crippen LogP contribution in [0.3, 0.4) is 0 Å². The summed E-state index contributed by atoms with van der Waals surface area (Å²) >= 11 is 0. The Morgan fingerprint density at radius 3 is 2.74 bits per heavy atom. The van der Waals surface area contributed by atoms with Gasteiger partial charge in [-0.15, -0.1) is 0 Å². The van der Waals surface area contributed by atoms with Crippen LogP contribution in [0.2, 0.25) is 0 Å². The standard InChI is InChI=1S/C25H28N6O4/c1-16-5-6-18(28-24(33)29-23-12-22(35-30-23)25(2,3)4)11-20(16)31-15-17(13-27-31)19-14-26-8-7-21(19)34-10-9-32/h5-8,11-15,32H,9-10H2,1-4H3,(H2,28,29,30,33). The molecule has 0 aliphatic rings. The first-order valence-corrected chi connectivity index (χ1v) is 11.1. The van der Waals surface area contributed by atoms with Crippen molar-refractivity contribution in [1.29, 1.82) is 0 Å². The lowest BCUT2D eigenvalue weighted by Crippen LogP contribution is -2.19. The Kier molecular flexibility index (Phi) is 6.83. The SMILES string of the molecule is Cc1ccc(NC(=O)Nc2cc(C(C)(C)C)on2)cc1-n1cc(-c2cnccc2OCCO)cn1. The quantitative estimate of drug-likeness (QED) is 0.357. The second-order valence-corrected chi connectivity index (χ2v) is 9.02. The molecule has 4 rings (SSSR count). The third-order valence-corrected chi connectivity index (χ3v) is 5.23. The molecule has 2 amide bonds. The third-order valence-electron chi connectivity index (χ3n) is 5.23. The van der Waals surface area contributed by atoms with Crippen molar-refractivity contribution in [2.45, 2.75) is 33.1 Å². The minimum atomic E-state index is -0.434. The van der Waals surface area contributed by atoms with Crippen molar-refractivity contribution >= 4 is 17.5 Å². The van der Waals surface area contributed by atoms with Crippen molar-refractivity contribution in [3.63, 3.8) is 0 Å². The number of nitrogens with zero attached hydrogens (tertiary/aromatic N) is 4. The van der Waals surface area contributed by atoms with E-state index in [1.807, 2.05) is 52.1 Å². The van der Waals surface area contributed by atoms with Gasteiger partial charge in [0.1, 0.15) is 18.1 Å². The Hall–Kier alpha value is -4.18. The van der Waals surface area contributed by atoms with E-state index in [1.165, 1.54) is 0 Å². The number of hydrogen-bond donors (Lipinski definition) is 3. The van der Waals surface area contributed by atoms with E-state index in [2.05, 4.69) is 25.9 Å². The summed E-state index contributed by atoms with van der Waals surface area (Å²) in [6.07, 6.45) is 6.90. The largest absolute Gasteiger partial charge is 0.490 e. The Morgan fingerprint density at radius 1 is 1.17 bits per heavy atom. The average Bonchev–Trinajstić information content (AvgIpc) is 3.49. The van der Waals surface area contributed by atoms with Gasteiger partial charge >= 0.3 is 6.03 Å². The molecule has 0 saturated carbocycles. The molecule has 0 saturated heterocycles. The fourth-order valence-electron chi connectivity index (χ4n) is 3.37. The predicted molar refractivity (Wildman–Crippen MR) is 132 cm³/mol. The molecule has 0 fully saturated rings. The molecule has 3 N–H and O–H groups in total. The molecule has 3 heterocycles. The van der Waals surface area contributed by atoms with Crippen LogP contribution in [0.15, 0.2) is 59.6 Å². The summed E-state index contributed by atoms with van der Waals surface area (Å²) in [5.41, 5.74) is 3.72. The lowest BCUT2D eigenvalue weighted by molar-refractivity contribution is 0.202. The topological polar surface area (TPSA) is 127 Å². The maximum atomic E-state index is 12.5. The molecule has 4 aromatic rings. The normalized spacial score (nSPS) is 11.3. The van der Waals surface area contributed by atoms with Crippen LogP contribution in [-0.4, -0.2) is 44.3 Å². The number of aliphatic hydroxyl groups is 1. The van der Waals surface area contributed by atoms with E-state index < -0.39 is 6.03 Å². The van der Waals surface area contributed by atoms with E-state index in [0.717, 1.165) is 22.4 Å². The Morgan fingerprint density at radius 2 is 2.00 bits per heavy atom. The van der Waals surface area contributed by atoms with E-state index in [-0.39, 0.29) is 18.6 Å². The van der Waals surface area contributed by atoms with Gasteiger partial charge in [-0.2, -0.15) is 5.10 Å². The molecule has 182 valence electrons. The minimum absolute atomic E-state index is 0.0813. The molecule has 0 aliphatic carbocycles. The van der Waals surface area contributed by atoms with Crippen molar-refractivity contribution in [2.75, 3.05) is 23.8 Å². The summed E-state index contributed by atoms with van der Waals surface area (Å²) in [7, 11) is 0. The monoisotopic (exact) mass is 476 g/mol. The van der Waals surface area contributed by atoms with Crippen LogP contribution in [0.25, 0.3) is 16.8 Å². The van der Waals surface area contributed by atoms with Crippen LogP contribution in [0.4, 0.5) is 16.3 Å². The second-order valence-electron chi connectivity index (χ2n) is 9.02. The van der Waals surface area contributed by atoms with Crippen LogP contribution in [0.1, 0.15) is 32.1 Å². The summed E-state index contributed by atoms with van der Waals surface area (Å²) in [6.45, 7) is 8.08. The smallest absolute Gasteiger partial charge is 0.324 e. The zero-order valence-electron chi connectivity index (χ0n) is 20.1. The van der Waals surface area contributed by atoms with Crippen LogP contribution in [-0.2, 0) is 5.41 Å². The number of aliphatic hydroxyl groups excluding tert-OH is 1. The van der Waals surface area contributed by atoms with Gasteiger partial charge in [-0.25, -0.2) is 9.48 Å². The molecule has 1 aromatic carbocycles. The van der Waals surface area contributed by atoms with Crippen LogP contribution < -0.4 is 15.4 Å². The molecule has 0 bridgehead atoms. The zero-order chi connectivity index (χ0) is 25.0. The number of urea groups is 1. The minimum Gasteiger partial charge on any atom is -0.490 e. The second kappa shape index (κ2) is 9.98. The lowest BCUT2D eigenvalue weighted by atomic mass is 9.93. The number of aromatic nitrogens is 4. The van der Waals surface area contributed by atoms with E-state index in [9.17, 15) is 4.79 Å². The number of ether oxygens (including phenoxy) is 1. The molecule has 0 aliphatic heterocycles. The van der Waals surface area contributed by atoms with Crippen LogP contribution >= 0.6 is 0 Å². The maximum Gasteiger partial charge on any atom is 0.324 e. The van der Waals surface area contributed by atoms with Gasteiger partial charge in [-0.1, -0.05) is 32.0 Å². The van der Waals surface area contributed by atoms with E-state index in [0.29, 0.717) is 23.0 Å². The fourth-order valence-corrected chi connectivity index (χ4v) is 3.37. The highest BCUT2D eigenvalue weighted by Gasteiger charge is 2.20. The number of nitrogens with one attached hydrogen (secondary N) is 2. The van der Waals surface area contributed by atoms with Gasteiger partial charge in [-0.3, -0.25) is 10.3 Å². The number of carbonyl (C=O) groups is 1. The first-order chi connectivity index (χ1) is 16.7. The molecule has 10 heteroatoms. The molecule has 35 heavy (non-hydrogen) atoms. The number of benzene rings is 1. The first-order valence-electron chi connectivity index (χ1n) is 11.1. The molecule has 10 nitrogen and oxygen atoms in total. The molecule has 0 atom stereocenters. The first kappa shape index (κ1) is 24.0. The number of rotatable bonds is 7. The number of anilines is 2.